The molecule has 0 aliphatic rings. The molecular formula is C18H15F17O3S2. The maximum absolute atomic E-state index is 14.3. The van der Waals surface area contributed by atoms with Gasteiger partial charge >= 0.3 is 57.1 Å². The molecule has 0 fully saturated rings. The van der Waals surface area contributed by atoms with Crippen LogP contribution < -0.4 is 0 Å². The van der Waals surface area contributed by atoms with E-state index in [0.717, 1.165) is 6.92 Å². The molecular weight excluding hydrogens is 651 g/mol. The van der Waals surface area contributed by atoms with Gasteiger partial charge in [0, 0.05) is 5.75 Å². The number of halogens is 17. The standard InChI is InChI=1S/C18H15F17O3S2/c1-3-39(2,9-10-7-5-4-6-8-10)38-40(36,37)18(34,35)16(29,30)14(25,26)12(21,22)11(19,20)13(23,24)15(27,28)17(31,32)33/h4-8H,3,9H2,1-2H3. The zero-order valence-corrected chi connectivity index (χ0v) is 20.9. The fraction of sp³-hybridized carbons (Fsp3) is 0.667. The normalized spacial score (nSPS) is 17.9. The Morgan fingerprint density at radius 3 is 1.30 bits per heavy atom. The molecule has 1 aromatic carbocycles. The molecule has 0 spiro atoms. The molecule has 236 valence electrons. The molecule has 0 amide bonds. The highest BCUT2D eigenvalue weighted by Crippen LogP contribution is 2.65. The van der Waals surface area contributed by atoms with Crippen molar-refractivity contribution in [2.45, 2.75) is 59.6 Å². The first kappa shape index (κ1) is 36.3. The van der Waals surface area contributed by atoms with Crippen molar-refractivity contribution in [1.82, 2.24) is 0 Å². The summed E-state index contributed by atoms with van der Waals surface area (Å²) >= 11 is 0. The molecule has 0 saturated carbocycles. The van der Waals surface area contributed by atoms with Crippen molar-refractivity contribution in [1.29, 1.82) is 0 Å². The van der Waals surface area contributed by atoms with E-state index in [9.17, 15) is 83.1 Å². The lowest BCUT2D eigenvalue weighted by Gasteiger charge is -2.43. The first-order valence-corrected chi connectivity index (χ1v) is 13.5. The summed E-state index contributed by atoms with van der Waals surface area (Å²) in [5.41, 5.74) is 0.0662. The summed E-state index contributed by atoms with van der Waals surface area (Å²) in [6.45, 7) is 0.996. The number of alkyl halides is 17. The molecule has 0 aliphatic heterocycles. The van der Waals surface area contributed by atoms with Crippen molar-refractivity contribution in [3.8, 4) is 0 Å². The Bertz CT molecular complexity index is 1150. The molecule has 0 heterocycles. The first-order chi connectivity index (χ1) is 17.3. The van der Waals surface area contributed by atoms with Gasteiger partial charge in [-0.3, -0.25) is 0 Å². The average Bonchev–Trinajstić information content (AvgIpc) is 2.77. The molecule has 1 aromatic rings. The van der Waals surface area contributed by atoms with Crippen LogP contribution in [-0.4, -0.2) is 67.4 Å². The van der Waals surface area contributed by atoms with E-state index in [-0.39, 0.29) is 5.56 Å². The predicted octanol–water partition coefficient (Wildman–Crippen LogP) is 7.87. The van der Waals surface area contributed by atoms with Crippen LogP contribution in [-0.2, 0) is 19.5 Å². The van der Waals surface area contributed by atoms with Gasteiger partial charge in [-0.25, -0.2) is 3.63 Å². The summed E-state index contributed by atoms with van der Waals surface area (Å²) in [7, 11) is -11.2. The molecule has 40 heavy (non-hydrogen) atoms. The van der Waals surface area contributed by atoms with Crippen LogP contribution in [0.1, 0.15) is 12.5 Å². The average molecular weight is 666 g/mol. The van der Waals surface area contributed by atoms with Gasteiger partial charge in [0.2, 0.25) is 0 Å². The van der Waals surface area contributed by atoms with Gasteiger partial charge in [0.1, 0.15) is 0 Å². The highest BCUT2D eigenvalue weighted by molar-refractivity contribution is 8.31. The fourth-order valence-corrected chi connectivity index (χ4v) is 6.86. The minimum Gasteiger partial charge on any atom is -0.215 e. The van der Waals surface area contributed by atoms with E-state index in [2.05, 4.69) is 3.63 Å². The van der Waals surface area contributed by atoms with Gasteiger partial charge in [-0.05, 0) is 17.6 Å². The fourth-order valence-electron chi connectivity index (χ4n) is 2.67. The van der Waals surface area contributed by atoms with Crippen LogP contribution in [0.4, 0.5) is 74.6 Å². The maximum Gasteiger partial charge on any atom is 0.460 e. The van der Waals surface area contributed by atoms with Crippen LogP contribution >= 0.6 is 10.3 Å². The first-order valence-electron chi connectivity index (χ1n) is 9.79. The van der Waals surface area contributed by atoms with Crippen molar-refractivity contribution < 1.29 is 86.7 Å². The van der Waals surface area contributed by atoms with E-state index in [1.54, 1.807) is 0 Å². The molecule has 3 nitrogen and oxygen atoms in total. The van der Waals surface area contributed by atoms with Crippen molar-refractivity contribution >= 4 is 20.4 Å². The minimum atomic E-state index is -8.88. The second-order valence-electron chi connectivity index (χ2n) is 8.09. The molecule has 0 bridgehead atoms. The Balaban J connectivity index is 3.66. The largest absolute Gasteiger partial charge is 0.460 e. The van der Waals surface area contributed by atoms with Crippen molar-refractivity contribution in [2.24, 2.45) is 0 Å². The Morgan fingerprint density at radius 2 is 0.950 bits per heavy atom. The van der Waals surface area contributed by atoms with Crippen LogP contribution in [0.3, 0.4) is 0 Å². The summed E-state index contributed by atoms with van der Waals surface area (Å²) in [6, 6.07) is 6.39. The van der Waals surface area contributed by atoms with Gasteiger partial charge in [0.05, 0.1) is 0 Å². The molecule has 1 atom stereocenters. The Morgan fingerprint density at radius 1 is 0.600 bits per heavy atom. The quantitative estimate of drug-likeness (QED) is 0.214. The van der Waals surface area contributed by atoms with E-state index >= 15 is 0 Å². The lowest BCUT2D eigenvalue weighted by atomic mass is 9.91. The number of hydrogen-bond donors (Lipinski definition) is 0. The maximum atomic E-state index is 14.3. The molecule has 0 radical (unpaired) electrons. The number of hydrogen-bond acceptors (Lipinski definition) is 3. The Hall–Kier alpha value is -1.71. The highest BCUT2D eigenvalue weighted by atomic mass is 32.3. The monoisotopic (exact) mass is 666 g/mol. The summed E-state index contributed by atoms with van der Waals surface area (Å²) in [4.78, 5) is 0. The summed E-state index contributed by atoms with van der Waals surface area (Å²) in [6.07, 6.45) is -7.20. The van der Waals surface area contributed by atoms with Crippen molar-refractivity contribution in [2.75, 3.05) is 12.0 Å². The lowest BCUT2D eigenvalue weighted by Crippen LogP contribution is -2.75. The van der Waals surface area contributed by atoms with E-state index in [4.69, 9.17) is 0 Å². The van der Waals surface area contributed by atoms with Gasteiger partial charge < -0.3 is 0 Å². The van der Waals surface area contributed by atoms with E-state index in [1.807, 2.05) is 0 Å². The predicted molar refractivity (Wildman–Crippen MR) is 105 cm³/mol. The van der Waals surface area contributed by atoms with Crippen molar-refractivity contribution in [3.63, 3.8) is 0 Å². The van der Waals surface area contributed by atoms with Crippen LogP contribution in [0.15, 0.2) is 30.3 Å². The van der Waals surface area contributed by atoms with Crippen LogP contribution in [0.25, 0.3) is 0 Å². The molecule has 0 saturated heterocycles. The third-order valence-corrected chi connectivity index (χ3v) is 10.3. The molecule has 0 N–H and O–H groups in total. The molecule has 0 aromatic heterocycles. The summed E-state index contributed by atoms with van der Waals surface area (Å²) in [5.74, 6) is -53.2. The van der Waals surface area contributed by atoms with Gasteiger partial charge in [0.15, 0.2) is 0 Å². The topological polar surface area (TPSA) is 43.4 Å². The SMILES string of the molecule is CCS(C)(Cc1ccccc1)OS(=O)(=O)C(F)(F)C(F)(F)C(F)(F)C(F)(F)C(F)(F)C(F)(F)C(F)(F)C(F)(F)F. The van der Waals surface area contributed by atoms with Crippen LogP contribution in [0, 0.1) is 0 Å². The molecule has 1 unspecified atom stereocenters. The van der Waals surface area contributed by atoms with E-state index in [1.165, 1.54) is 30.3 Å². The highest BCUT2D eigenvalue weighted by Gasteiger charge is 2.96. The number of rotatable bonds is 12. The van der Waals surface area contributed by atoms with Crippen LogP contribution in [0.5, 0.6) is 0 Å². The summed E-state index contributed by atoms with van der Waals surface area (Å²) in [5, 5.41) is -7.69. The van der Waals surface area contributed by atoms with E-state index in [0.29, 0.717) is 6.26 Å². The second kappa shape index (κ2) is 10.2. The Labute approximate surface area is 215 Å². The third kappa shape index (κ3) is 5.31. The number of benzene rings is 1. The molecule has 1 rings (SSSR count). The zero-order valence-electron chi connectivity index (χ0n) is 19.3. The lowest BCUT2D eigenvalue weighted by molar-refractivity contribution is -0.458. The Kier molecular flexibility index (Phi) is 9.29. The molecule has 22 heteroatoms. The van der Waals surface area contributed by atoms with Gasteiger partial charge in [-0.15, -0.1) is 10.3 Å². The van der Waals surface area contributed by atoms with Crippen molar-refractivity contribution in [3.05, 3.63) is 35.9 Å². The van der Waals surface area contributed by atoms with Gasteiger partial charge in [0.25, 0.3) is 0 Å². The van der Waals surface area contributed by atoms with Gasteiger partial charge in [-0.2, -0.15) is 83.1 Å². The summed E-state index contributed by atoms with van der Waals surface area (Å²) < 4.78 is 256. The smallest absolute Gasteiger partial charge is 0.215 e. The van der Waals surface area contributed by atoms with Crippen LogP contribution in [0.2, 0.25) is 0 Å². The zero-order chi connectivity index (χ0) is 32.2. The minimum absolute atomic E-state index is 0.0662. The second-order valence-corrected chi connectivity index (χ2v) is 13.3. The van der Waals surface area contributed by atoms with Gasteiger partial charge in [-0.1, -0.05) is 37.3 Å². The third-order valence-electron chi connectivity index (χ3n) is 5.19. The molecule has 0 aliphatic carbocycles. The van der Waals surface area contributed by atoms with E-state index < -0.39 is 78.9 Å².